The molecule has 0 aromatic carbocycles. The minimum Gasteiger partial charge on any atom is -0.319 e. The van der Waals surface area contributed by atoms with E-state index in [-0.39, 0.29) is 0 Å². The Kier molecular flexibility index (Phi) is 2.84. The standard InChI is InChI=1S/C10H12BrN3/c1-12-6-5-8-3-2-4-10-13-7-9(11)14(8)10/h2-4,7,12H,5-6H2,1H3. The van der Waals surface area contributed by atoms with Crippen LogP contribution in [0, 0.1) is 0 Å². The molecular formula is C10H12BrN3. The predicted octanol–water partition coefficient (Wildman–Crippen LogP) is 1.86. The minimum absolute atomic E-state index is 0.976. The van der Waals surface area contributed by atoms with E-state index in [2.05, 4.69) is 36.7 Å². The average molecular weight is 254 g/mol. The summed E-state index contributed by atoms with van der Waals surface area (Å²) in [7, 11) is 1.96. The Morgan fingerprint density at radius 3 is 3.14 bits per heavy atom. The normalized spacial score (nSPS) is 11.0. The van der Waals surface area contributed by atoms with Crippen LogP contribution in [0.25, 0.3) is 5.65 Å². The van der Waals surface area contributed by atoms with E-state index in [1.807, 2.05) is 25.4 Å². The molecule has 3 nitrogen and oxygen atoms in total. The Labute approximate surface area is 91.3 Å². The molecule has 2 aromatic heterocycles. The molecule has 2 rings (SSSR count). The van der Waals surface area contributed by atoms with Crippen LogP contribution in [-0.4, -0.2) is 23.0 Å². The Hall–Kier alpha value is -0.870. The monoisotopic (exact) mass is 253 g/mol. The lowest BCUT2D eigenvalue weighted by atomic mass is 10.2. The van der Waals surface area contributed by atoms with Gasteiger partial charge in [-0.25, -0.2) is 4.98 Å². The number of imidazole rings is 1. The third kappa shape index (κ3) is 1.67. The zero-order valence-electron chi connectivity index (χ0n) is 8.00. The lowest BCUT2D eigenvalue weighted by molar-refractivity contribution is 0.766. The molecule has 0 bridgehead atoms. The molecule has 0 amide bonds. The molecule has 0 saturated heterocycles. The summed E-state index contributed by atoms with van der Waals surface area (Å²) < 4.78 is 3.14. The highest BCUT2D eigenvalue weighted by Gasteiger charge is 2.03. The SMILES string of the molecule is CNCCc1cccc2ncc(Br)n12. The van der Waals surface area contributed by atoms with Gasteiger partial charge >= 0.3 is 0 Å². The molecular weight excluding hydrogens is 242 g/mol. The van der Waals surface area contributed by atoms with Crippen molar-refractivity contribution in [3.8, 4) is 0 Å². The van der Waals surface area contributed by atoms with Gasteiger partial charge in [0.05, 0.1) is 6.20 Å². The summed E-state index contributed by atoms with van der Waals surface area (Å²) in [4.78, 5) is 4.28. The molecule has 0 spiro atoms. The van der Waals surface area contributed by atoms with Gasteiger partial charge in [-0.05, 0) is 35.1 Å². The first kappa shape index (κ1) is 9.68. The van der Waals surface area contributed by atoms with Gasteiger partial charge in [0.2, 0.25) is 0 Å². The molecule has 0 radical (unpaired) electrons. The Morgan fingerprint density at radius 1 is 1.50 bits per heavy atom. The second kappa shape index (κ2) is 4.11. The molecule has 2 heterocycles. The molecule has 0 aliphatic rings. The van der Waals surface area contributed by atoms with Crippen molar-refractivity contribution in [3.63, 3.8) is 0 Å². The van der Waals surface area contributed by atoms with E-state index in [0.717, 1.165) is 23.2 Å². The van der Waals surface area contributed by atoms with Crippen LogP contribution in [0.3, 0.4) is 0 Å². The smallest absolute Gasteiger partial charge is 0.137 e. The van der Waals surface area contributed by atoms with E-state index in [1.165, 1.54) is 5.69 Å². The summed E-state index contributed by atoms with van der Waals surface area (Å²) in [6.45, 7) is 0.976. The van der Waals surface area contributed by atoms with E-state index in [1.54, 1.807) is 0 Å². The molecule has 2 aromatic rings. The molecule has 74 valence electrons. The summed E-state index contributed by atoms with van der Waals surface area (Å²) in [5, 5.41) is 3.14. The topological polar surface area (TPSA) is 29.3 Å². The molecule has 14 heavy (non-hydrogen) atoms. The van der Waals surface area contributed by atoms with Crippen LogP contribution >= 0.6 is 15.9 Å². The molecule has 0 atom stereocenters. The van der Waals surface area contributed by atoms with Crippen molar-refractivity contribution in [1.82, 2.24) is 14.7 Å². The molecule has 0 aliphatic heterocycles. The van der Waals surface area contributed by atoms with Gasteiger partial charge in [-0.1, -0.05) is 6.07 Å². The summed E-state index contributed by atoms with van der Waals surface area (Å²) in [6, 6.07) is 6.17. The van der Waals surface area contributed by atoms with Gasteiger partial charge in [-0.15, -0.1) is 0 Å². The average Bonchev–Trinajstić information content (AvgIpc) is 2.58. The lowest BCUT2D eigenvalue weighted by Gasteiger charge is -2.05. The number of rotatable bonds is 3. The van der Waals surface area contributed by atoms with Gasteiger partial charge < -0.3 is 5.32 Å². The van der Waals surface area contributed by atoms with Crippen LogP contribution in [0.4, 0.5) is 0 Å². The highest BCUT2D eigenvalue weighted by molar-refractivity contribution is 9.10. The zero-order valence-corrected chi connectivity index (χ0v) is 9.58. The van der Waals surface area contributed by atoms with Crippen LogP contribution in [0.2, 0.25) is 0 Å². The van der Waals surface area contributed by atoms with E-state index in [9.17, 15) is 0 Å². The maximum absolute atomic E-state index is 4.28. The zero-order chi connectivity index (χ0) is 9.97. The third-order valence-corrected chi connectivity index (χ3v) is 2.76. The first-order valence-corrected chi connectivity index (χ1v) is 5.37. The van der Waals surface area contributed by atoms with Gasteiger partial charge in [-0.2, -0.15) is 0 Å². The molecule has 1 N–H and O–H groups in total. The summed E-state index contributed by atoms with van der Waals surface area (Å²) in [5.41, 5.74) is 2.26. The Morgan fingerprint density at radius 2 is 2.36 bits per heavy atom. The number of hydrogen-bond donors (Lipinski definition) is 1. The van der Waals surface area contributed by atoms with Crippen molar-refractivity contribution in [2.45, 2.75) is 6.42 Å². The van der Waals surface area contributed by atoms with Crippen molar-refractivity contribution in [1.29, 1.82) is 0 Å². The predicted molar refractivity (Wildman–Crippen MR) is 60.5 cm³/mol. The minimum atomic E-state index is 0.976. The largest absolute Gasteiger partial charge is 0.319 e. The number of fused-ring (bicyclic) bond motifs is 1. The number of likely N-dealkylation sites (N-methyl/N-ethyl adjacent to an activating group) is 1. The fraction of sp³-hybridized carbons (Fsp3) is 0.300. The quantitative estimate of drug-likeness (QED) is 0.905. The molecule has 0 unspecified atom stereocenters. The van der Waals surface area contributed by atoms with Crippen LogP contribution in [0.5, 0.6) is 0 Å². The van der Waals surface area contributed by atoms with Gasteiger partial charge in [0, 0.05) is 18.7 Å². The summed E-state index contributed by atoms with van der Waals surface area (Å²) >= 11 is 3.49. The second-order valence-electron chi connectivity index (χ2n) is 3.15. The molecule has 4 heteroatoms. The van der Waals surface area contributed by atoms with Crippen LogP contribution in [-0.2, 0) is 6.42 Å². The fourth-order valence-electron chi connectivity index (χ4n) is 1.51. The number of hydrogen-bond acceptors (Lipinski definition) is 2. The number of nitrogens with zero attached hydrogens (tertiary/aromatic N) is 2. The van der Waals surface area contributed by atoms with Crippen molar-refractivity contribution in [2.75, 3.05) is 13.6 Å². The van der Waals surface area contributed by atoms with Crippen LogP contribution < -0.4 is 5.32 Å². The first-order chi connectivity index (χ1) is 6.83. The van der Waals surface area contributed by atoms with E-state index in [0.29, 0.717) is 0 Å². The maximum atomic E-state index is 4.28. The number of nitrogens with one attached hydrogen (secondary N) is 1. The van der Waals surface area contributed by atoms with Crippen molar-refractivity contribution in [3.05, 3.63) is 34.7 Å². The number of aromatic nitrogens is 2. The molecule has 0 fully saturated rings. The number of pyridine rings is 1. The maximum Gasteiger partial charge on any atom is 0.137 e. The van der Waals surface area contributed by atoms with Crippen molar-refractivity contribution < 1.29 is 0 Å². The summed E-state index contributed by atoms with van der Waals surface area (Å²) in [6.07, 6.45) is 2.83. The third-order valence-electron chi connectivity index (χ3n) is 2.20. The first-order valence-electron chi connectivity index (χ1n) is 4.58. The second-order valence-corrected chi connectivity index (χ2v) is 3.96. The van der Waals surface area contributed by atoms with Crippen LogP contribution in [0.15, 0.2) is 29.0 Å². The van der Waals surface area contributed by atoms with Gasteiger partial charge in [0.1, 0.15) is 10.3 Å². The van der Waals surface area contributed by atoms with E-state index < -0.39 is 0 Å². The van der Waals surface area contributed by atoms with Crippen LogP contribution in [0.1, 0.15) is 5.69 Å². The Bertz CT molecular complexity index is 436. The molecule has 0 aliphatic carbocycles. The highest BCUT2D eigenvalue weighted by atomic mass is 79.9. The lowest BCUT2D eigenvalue weighted by Crippen LogP contribution is -2.12. The molecule has 0 saturated carbocycles. The summed E-state index contributed by atoms with van der Waals surface area (Å²) in [5.74, 6) is 0. The number of halogens is 1. The van der Waals surface area contributed by atoms with E-state index in [4.69, 9.17) is 0 Å². The van der Waals surface area contributed by atoms with Gasteiger partial charge in [0.25, 0.3) is 0 Å². The van der Waals surface area contributed by atoms with Crippen molar-refractivity contribution in [2.24, 2.45) is 0 Å². The van der Waals surface area contributed by atoms with E-state index >= 15 is 0 Å². The Balaban J connectivity index is 2.46. The highest BCUT2D eigenvalue weighted by Crippen LogP contribution is 2.15. The van der Waals surface area contributed by atoms with Crippen molar-refractivity contribution >= 4 is 21.6 Å². The fourth-order valence-corrected chi connectivity index (χ4v) is 2.03. The van der Waals surface area contributed by atoms with Gasteiger partial charge in [-0.3, -0.25) is 4.40 Å². The van der Waals surface area contributed by atoms with Gasteiger partial charge in [0.15, 0.2) is 0 Å².